The van der Waals surface area contributed by atoms with E-state index in [1.807, 2.05) is 29.1 Å². The maximum absolute atomic E-state index is 4.21. The van der Waals surface area contributed by atoms with Crippen LogP contribution < -0.4 is 0 Å². The fraction of sp³-hybridized carbons (Fsp3) is 0.100. The summed E-state index contributed by atoms with van der Waals surface area (Å²) in [5, 5.41) is 4.21. The van der Waals surface area contributed by atoms with Crippen molar-refractivity contribution in [1.29, 1.82) is 0 Å². The fourth-order valence-electron chi connectivity index (χ4n) is 1.31. The molecule has 2 rings (SSSR count). The second-order valence-corrected chi connectivity index (χ2v) is 3.70. The molecule has 0 aromatic carbocycles. The predicted molar refractivity (Wildman–Crippen MR) is 57.7 cm³/mol. The molecular formula is C10H9BrN2. The minimum absolute atomic E-state index is 1.05. The second-order valence-electron chi connectivity index (χ2n) is 2.91. The van der Waals surface area contributed by atoms with Gasteiger partial charge in [-0.15, -0.1) is 0 Å². The van der Waals surface area contributed by atoms with E-state index < -0.39 is 0 Å². The van der Waals surface area contributed by atoms with Crippen molar-refractivity contribution in [3.05, 3.63) is 40.6 Å². The van der Waals surface area contributed by atoms with Crippen LogP contribution in [0.3, 0.4) is 0 Å². The zero-order valence-electron chi connectivity index (χ0n) is 7.29. The van der Waals surface area contributed by atoms with Crippen LogP contribution in [0.15, 0.2) is 29.5 Å². The maximum atomic E-state index is 4.21. The molecule has 66 valence electrons. The predicted octanol–water partition coefficient (Wildman–Crippen LogP) is 3.05. The van der Waals surface area contributed by atoms with Gasteiger partial charge in [-0.3, -0.25) is 0 Å². The molecule has 0 atom stereocenters. The SMILES string of the molecule is C=Cc1cnn2ccc(C)c(Br)c12. The first kappa shape index (κ1) is 8.51. The lowest BCUT2D eigenvalue weighted by Crippen LogP contribution is -1.88. The highest BCUT2D eigenvalue weighted by Gasteiger charge is 2.06. The van der Waals surface area contributed by atoms with Crippen molar-refractivity contribution in [2.45, 2.75) is 6.92 Å². The molecule has 0 spiro atoms. The van der Waals surface area contributed by atoms with Crippen LogP contribution >= 0.6 is 15.9 Å². The molecule has 0 bridgehead atoms. The average molecular weight is 237 g/mol. The molecule has 0 saturated carbocycles. The Morgan fingerprint density at radius 3 is 3.08 bits per heavy atom. The molecule has 0 aliphatic rings. The van der Waals surface area contributed by atoms with Gasteiger partial charge in [0.15, 0.2) is 0 Å². The van der Waals surface area contributed by atoms with E-state index in [1.165, 1.54) is 5.56 Å². The molecule has 2 aromatic heterocycles. The van der Waals surface area contributed by atoms with Gasteiger partial charge >= 0.3 is 0 Å². The first-order chi connectivity index (χ1) is 6.24. The summed E-state index contributed by atoms with van der Waals surface area (Å²) < 4.78 is 2.93. The molecule has 0 N–H and O–H groups in total. The summed E-state index contributed by atoms with van der Waals surface area (Å²) >= 11 is 3.54. The van der Waals surface area contributed by atoms with Gasteiger partial charge in [0.05, 0.1) is 11.7 Å². The van der Waals surface area contributed by atoms with Crippen LogP contribution in [-0.2, 0) is 0 Å². The Morgan fingerprint density at radius 1 is 1.62 bits per heavy atom. The highest BCUT2D eigenvalue weighted by Crippen LogP contribution is 2.25. The molecule has 13 heavy (non-hydrogen) atoms. The van der Waals surface area contributed by atoms with E-state index in [0.717, 1.165) is 15.6 Å². The number of halogens is 1. The Labute approximate surface area is 85.0 Å². The molecule has 2 nitrogen and oxygen atoms in total. The third-order valence-electron chi connectivity index (χ3n) is 2.06. The van der Waals surface area contributed by atoms with Crippen LogP contribution in [0.25, 0.3) is 11.6 Å². The molecule has 3 heteroatoms. The summed E-state index contributed by atoms with van der Waals surface area (Å²) in [6.45, 7) is 5.81. The fourth-order valence-corrected chi connectivity index (χ4v) is 1.85. The van der Waals surface area contributed by atoms with Crippen molar-refractivity contribution in [1.82, 2.24) is 9.61 Å². The summed E-state index contributed by atoms with van der Waals surface area (Å²) in [7, 11) is 0. The van der Waals surface area contributed by atoms with Crippen molar-refractivity contribution in [3.8, 4) is 0 Å². The van der Waals surface area contributed by atoms with Crippen LogP contribution in [0.5, 0.6) is 0 Å². The van der Waals surface area contributed by atoms with Crippen molar-refractivity contribution in [2.75, 3.05) is 0 Å². The highest BCUT2D eigenvalue weighted by molar-refractivity contribution is 9.10. The number of aromatic nitrogens is 2. The quantitative estimate of drug-likeness (QED) is 0.745. The lowest BCUT2D eigenvalue weighted by atomic mass is 10.2. The van der Waals surface area contributed by atoms with Gasteiger partial charge in [-0.1, -0.05) is 12.7 Å². The number of pyridine rings is 1. The summed E-state index contributed by atoms with van der Waals surface area (Å²) in [4.78, 5) is 0. The van der Waals surface area contributed by atoms with Gasteiger partial charge in [-0.05, 0) is 34.5 Å². The van der Waals surface area contributed by atoms with Gasteiger partial charge in [-0.25, -0.2) is 4.52 Å². The van der Waals surface area contributed by atoms with Crippen LogP contribution in [0, 0.1) is 6.92 Å². The van der Waals surface area contributed by atoms with Gasteiger partial charge in [0.25, 0.3) is 0 Å². The molecule has 0 unspecified atom stereocenters. The molecule has 0 fully saturated rings. The Balaban J connectivity index is 2.93. The summed E-state index contributed by atoms with van der Waals surface area (Å²) in [5.74, 6) is 0. The number of hydrogen-bond acceptors (Lipinski definition) is 1. The van der Waals surface area contributed by atoms with Crippen molar-refractivity contribution < 1.29 is 0 Å². The van der Waals surface area contributed by atoms with Gasteiger partial charge in [0.1, 0.15) is 0 Å². The number of rotatable bonds is 1. The van der Waals surface area contributed by atoms with E-state index in [1.54, 1.807) is 0 Å². The van der Waals surface area contributed by atoms with Gasteiger partial charge in [-0.2, -0.15) is 5.10 Å². The largest absolute Gasteiger partial charge is 0.239 e. The smallest absolute Gasteiger partial charge is 0.0878 e. The molecular weight excluding hydrogens is 228 g/mol. The summed E-state index contributed by atoms with van der Waals surface area (Å²) in [5.41, 5.74) is 3.33. The first-order valence-corrected chi connectivity index (χ1v) is 4.78. The lowest BCUT2D eigenvalue weighted by Gasteiger charge is -2.01. The van der Waals surface area contributed by atoms with Crippen LogP contribution in [0.1, 0.15) is 11.1 Å². The molecule has 0 saturated heterocycles. The minimum Gasteiger partial charge on any atom is -0.239 e. The van der Waals surface area contributed by atoms with E-state index in [9.17, 15) is 0 Å². The Hall–Kier alpha value is -1.09. The normalized spacial score (nSPS) is 10.6. The Morgan fingerprint density at radius 2 is 2.38 bits per heavy atom. The number of fused-ring (bicyclic) bond motifs is 1. The number of nitrogens with zero attached hydrogens (tertiary/aromatic N) is 2. The minimum atomic E-state index is 1.05. The third kappa shape index (κ3) is 1.20. The van der Waals surface area contributed by atoms with Crippen molar-refractivity contribution >= 4 is 27.5 Å². The first-order valence-electron chi connectivity index (χ1n) is 3.99. The van der Waals surface area contributed by atoms with E-state index in [4.69, 9.17) is 0 Å². The van der Waals surface area contributed by atoms with Crippen LogP contribution in [0.2, 0.25) is 0 Å². The van der Waals surface area contributed by atoms with E-state index in [0.29, 0.717) is 0 Å². The molecule has 0 aliphatic heterocycles. The van der Waals surface area contributed by atoms with Crippen molar-refractivity contribution in [2.24, 2.45) is 0 Å². The van der Waals surface area contributed by atoms with Crippen LogP contribution in [-0.4, -0.2) is 9.61 Å². The zero-order valence-corrected chi connectivity index (χ0v) is 8.87. The maximum Gasteiger partial charge on any atom is 0.0878 e. The molecule has 0 radical (unpaired) electrons. The highest BCUT2D eigenvalue weighted by atomic mass is 79.9. The Bertz CT molecular complexity index is 471. The molecule has 0 aliphatic carbocycles. The second kappa shape index (κ2) is 3.00. The van der Waals surface area contributed by atoms with Gasteiger partial charge in [0, 0.05) is 16.2 Å². The standard InChI is InChI=1S/C10H9BrN2/c1-3-8-6-12-13-5-4-7(2)9(11)10(8)13/h3-6H,1H2,2H3. The monoisotopic (exact) mass is 236 g/mol. The number of hydrogen-bond donors (Lipinski definition) is 0. The Kier molecular flexibility index (Phi) is 1.96. The molecule has 0 amide bonds. The summed E-state index contributed by atoms with van der Waals surface area (Å²) in [6, 6.07) is 2.02. The van der Waals surface area contributed by atoms with Crippen molar-refractivity contribution in [3.63, 3.8) is 0 Å². The van der Waals surface area contributed by atoms with E-state index in [-0.39, 0.29) is 0 Å². The van der Waals surface area contributed by atoms with Crippen LogP contribution in [0.4, 0.5) is 0 Å². The third-order valence-corrected chi connectivity index (χ3v) is 3.06. The van der Waals surface area contributed by atoms with E-state index >= 15 is 0 Å². The summed E-state index contributed by atoms with van der Waals surface area (Å²) in [6.07, 6.45) is 5.57. The van der Waals surface area contributed by atoms with Gasteiger partial charge in [0.2, 0.25) is 0 Å². The number of aryl methyl sites for hydroxylation is 1. The van der Waals surface area contributed by atoms with E-state index in [2.05, 4.69) is 34.5 Å². The molecule has 2 aromatic rings. The topological polar surface area (TPSA) is 17.3 Å². The average Bonchev–Trinajstić information content (AvgIpc) is 2.55. The lowest BCUT2D eigenvalue weighted by molar-refractivity contribution is 0.954. The van der Waals surface area contributed by atoms with Gasteiger partial charge < -0.3 is 0 Å². The zero-order chi connectivity index (χ0) is 9.42. The molecule has 2 heterocycles.